The van der Waals surface area contributed by atoms with Crippen LogP contribution in [0, 0.1) is 5.92 Å². The Morgan fingerprint density at radius 2 is 1.86 bits per heavy atom. The number of aliphatic carboxylic acids is 1. The topological polar surface area (TPSA) is 109 Å². The van der Waals surface area contributed by atoms with Crippen LogP contribution in [0.5, 0.6) is 0 Å². The minimum Gasteiger partial charge on any atom is -0.870 e. The summed E-state index contributed by atoms with van der Waals surface area (Å²) in [6, 6.07) is 0. The van der Waals surface area contributed by atoms with E-state index in [2.05, 4.69) is 5.43 Å². The molecule has 0 aromatic carbocycles. The highest BCUT2D eigenvalue weighted by molar-refractivity contribution is 6.19. The van der Waals surface area contributed by atoms with E-state index < -0.39 is 17.7 Å². The molecule has 7 nitrogen and oxygen atoms in total. The van der Waals surface area contributed by atoms with Gasteiger partial charge in [0.05, 0.1) is 0 Å². The standard InChI is InChI=1S/C14H24N2O4.H2O/c1-14(2,3)20-13(19)15-16(10-12(17)18)9-11-7-5-4-6-8-11;/h10-11H,4-9H2,1-3H3,(H-,15,17,18,19);1H2/b16-10+;. The lowest BCUT2D eigenvalue weighted by atomic mass is 9.89. The highest BCUT2D eigenvalue weighted by Gasteiger charge is 2.24. The van der Waals surface area contributed by atoms with Crippen molar-refractivity contribution in [3.63, 3.8) is 0 Å². The molecule has 1 saturated carbocycles. The number of carbonyl (C=O) groups is 2. The lowest BCUT2D eigenvalue weighted by Crippen LogP contribution is -2.42. The molecule has 0 spiro atoms. The van der Waals surface area contributed by atoms with E-state index in [1.165, 1.54) is 11.1 Å². The summed E-state index contributed by atoms with van der Waals surface area (Å²) < 4.78 is 6.46. The lowest BCUT2D eigenvalue weighted by Gasteiger charge is -2.21. The van der Waals surface area contributed by atoms with Gasteiger partial charge in [-0.15, -0.1) is 4.68 Å². The Balaban J connectivity index is 0.00000400. The first-order chi connectivity index (χ1) is 9.26. The van der Waals surface area contributed by atoms with E-state index in [1.54, 1.807) is 20.8 Å². The molecule has 0 heterocycles. The average molecular weight is 302 g/mol. The maximum Gasteiger partial charge on any atom is 0.461 e. The van der Waals surface area contributed by atoms with Gasteiger partial charge in [-0.3, -0.25) is 0 Å². The summed E-state index contributed by atoms with van der Waals surface area (Å²) in [7, 11) is 0. The summed E-state index contributed by atoms with van der Waals surface area (Å²) in [5.74, 6) is -0.675. The van der Waals surface area contributed by atoms with E-state index >= 15 is 0 Å². The van der Waals surface area contributed by atoms with Gasteiger partial charge in [0, 0.05) is 5.92 Å². The Hall–Kier alpha value is -1.63. The Bertz CT molecular complexity index is 381. The van der Waals surface area contributed by atoms with Gasteiger partial charge in [0.25, 0.3) is 6.21 Å². The van der Waals surface area contributed by atoms with Gasteiger partial charge in [0.2, 0.25) is 0 Å². The van der Waals surface area contributed by atoms with Crippen LogP contribution in [-0.2, 0) is 9.53 Å². The normalized spacial score (nSPS) is 16.8. The number of carboxylic acid groups (broad SMARTS) is 1. The Morgan fingerprint density at radius 3 is 2.33 bits per heavy atom. The van der Waals surface area contributed by atoms with E-state index in [-0.39, 0.29) is 5.48 Å². The zero-order valence-corrected chi connectivity index (χ0v) is 13.0. The van der Waals surface area contributed by atoms with E-state index in [0.29, 0.717) is 12.5 Å². The first-order valence-corrected chi connectivity index (χ1v) is 7.10. The molecule has 7 heteroatoms. The Morgan fingerprint density at radius 1 is 1.29 bits per heavy atom. The molecule has 0 unspecified atom stereocenters. The Labute approximate surface area is 125 Å². The molecule has 1 amide bonds. The molecule has 0 atom stereocenters. The number of carboxylic acids is 1. The SMILES string of the molecule is CC(C)(C)OC(=O)N/[N+](=C/C(=O)O)CC1CCCCC1.[OH-]. The second-order valence-corrected chi connectivity index (χ2v) is 6.24. The third-order valence-electron chi connectivity index (χ3n) is 3.08. The highest BCUT2D eigenvalue weighted by Crippen LogP contribution is 2.23. The van der Waals surface area contributed by atoms with Crippen molar-refractivity contribution in [2.75, 3.05) is 6.54 Å². The molecule has 0 radical (unpaired) electrons. The molecule has 1 aliphatic rings. The summed E-state index contributed by atoms with van der Waals surface area (Å²) in [4.78, 5) is 22.5. The molecular formula is C14H26N2O5. The van der Waals surface area contributed by atoms with Crippen molar-refractivity contribution < 1.29 is 29.6 Å². The first-order valence-electron chi connectivity index (χ1n) is 7.10. The fourth-order valence-corrected chi connectivity index (χ4v) is 2.33. The smallest absolute Gasteiger partial charge is 0.461 e. The third kappa shape index (κ3) is 9.01. The number of hydrogen-bond acceptors (Lipinski definition) is 4. The fourth-order valence-electron chi connectivity index (χ4n) is 2.33. The Kier molecular flexibility index (Phi) is 7.94. The second kappa shape index (κ2) is 8.61. The van der Waals surface area contributed by atoms with Gasteiger partial charge < -0.3 is 15.3 Å². The number of carbonyl (C=O) groups excluding carboxylic acids is 1. The monoisotopic (exact) mass is 302 g/mol. The van der Waals surface area contributed by atoms with Crippen LogP contribution in [0.1, 0.15) is 52.9 Å². The predicted molar refractivity (Wildman–Crippen MR) is 76.7 cm³/mol. The number of amides is 1. The number of nitrogens with one attached hydrogen (secondary N) is 1. The molecule has 21 heavy (non-hydrogen) atoms. The summed E-state index contributed by atoms with van der Waals surface area (Å²) in [6.45, 7) is 5.79. The molecule has 1 aliphatic carbocycles. The van der Waals surface area contributed by atoms with Crippen LogP contribution >= 0.6 is 0 Å². The minimum atomic E-state index is -1.09. The van der Waals surface area contributed by atoms with Crippen molar-refractivity contribution >= 4 is 18.3 Å². The summed E-state index contributed by atoms with van der Waals surface area (Å²) >= 11 is 0. The van der Waals surface area contributed by atoms with Gasteiger partial charge in [-0.25, -0.2) is 9.59 Å². The minimum absolute atomic E-state index is 0. The number of nitrogens with zero attached hydrogens (tertiary/aromatic N) is 1. The van der Waals surface area contributed by atoms with Crippen LogP contribution in [-0.4, -0.2) is 45.7 Å². The summed E-state index contributed by atoms with van der Waals surface area (Å²) in [5.41, 5.74) is 1.88. The summed E-state index contributed by atoms with van der Waals surface area (Å²) in [5, 5.41) is 8.87. The number of hydrogen-bond donors (Lipinski definition) is 2. The van der Waals surface area contributed by atoms with E-state index in [1.807, 2.05) is 0 Å². The number of rotatable bonds is 4. The first kappa shape index (κ1) is 19.4. The van der Waals surface area contributed by atoms with Crippen LogP contribution < -0.4 is 5.43 Å². The molecule has 0 aromatic heterocycles. The fraction of sp³-hybridized carbons (Fsp3) is 0.786. The molecule has 0 bridgehead atoms. The number of hydrazone groups is 1. The zero-order chi connectivity index (χ0) is 15.2. The zero-order valence-electron chi connectivity index (χ0n) is 13.0. The lowest BCUT2D eigenvalue weighted by molar-refractivity contribution is -0.577. The van der Waals surface area contributed by atoms with Gasteiger partial charge in [-0.2, -0.15) is 0 Å². The molecule has 3 N–H and O–H groups in total. The van der Waals surface area contributed by atoms with E-state index in [4.69, 9.17) is 9.84 Å². The van der Waals surface area contributed by atoms with Gasteiger partial charge >= 0.3 is 12.1 Å². The second-order valence-electron chi connectivity index (χ2n) is 6.24. The van der Waals surface area contributed by atoms with Crippen LogP contribution in [0.15, 0.2) is 0 Å². The molecule has 0 saturated heterocycles. The van der Waals surface area contributed by atoms with Gasteiger partial charge in [-0.1, -0.05) is 24.7 Å². The largest absolute Gasteiger partial charge is 0.870 e. The number of hydrazine groups is 1. The molecule has 0 aromatic rings. The van der Waals surface area contributed by atoms with Gasteiger partial charge in [0.15, 0.2) is 6.54 Å². The van der Waals surface area contributed by atoms with Crippen LogP contribution in [0.2, 0.25) is 0 Å². The van der Waals surface area contributed by atoms with Crippen molar-refractivity contribution in [3.8, 4) is 0 Å². The van der Waals surface area contributed by atoms with Crippen molar-refractivity contribution in [1.82, 2.24) is 5.43 Å². The van der Waals surface area contributed by atoms with E-state index in [9.17, 15) is 9.59 Å². The average Bonchev–Trinajstić information content (AvgIpc) is 2.26. The van der Waals surface area contributed by atoms with E-state index in [0.717, 1.165) is 31.9 Å². The maximum absolute atomic E-state index is 11.7. The highest BCUT2D eigenvalue weighted by atomic mass is 16.6. The van der Waals surface area contributed by atoms with Gasteiger partial charge in [0.1, 0.15) is 5.60 Å². The number of ether oxygens (including phenoxy) is 1. The van der Waals surface area contributed by atoms with Gasteiger partial charge in [-0.05, 0) is 33.6 Å². The molecule has 0 aliphatic heterocycles. The molecule has 1 rings (SSSR count). The predicted octanol–water partition coefficient (Wildman–Crippen LogP) is 2.00. The van der Waals surface area contributed by atoms with Crippen LogP contribution in [0.25, 0.3) is 0 Å². The summed E-state index contributed by atoms with van der Waals surface area (Å²) in [6.07, 6.45) is 6.05. The van der Waals surface area contributed by atoms with Crippen molar-refractivity contribution in [1.29, 1.82) is 0 Å². The van der Waals surface area contributed by atoms with Crippen molar-refractivity contribution in [2.24, 2.45) is 5.92 Å². The quantitative estimate of drug-likeness (QED) is 0.469. The molecule has 1 fully saturated rings. The molecular weight excluding hydrogens is 276 g/mol. The van der Waals surface area contributed by atoms with Crippen molar-refractivity contribution in [3.05, 3.63) is 0 Å². The van der Waals surface area contributed by atoms with Crippen molar-refractivity contribution in [2.45, 2.75) is 58.5 Å². The van der Waals surface area contributed by atoms with Crippen LogP contribution in [0.3, 0.4) is 0 Å². The maximum atomic E-state index is 11.7. The third-order valence-corrected chi connectivity index (χ3v) is 3.08. The molecule has 122 valence electrons. The van der Waals surface area contributed by atoms with Crippen LogP contribution in [0.4, 0.5) is 4.79 Å².